The Morgan fingerprint density at radius 2 is 1.83 bits per heavy atom. The number of nitrogens with zero attached hydrogens (tertiary/aromatic N) is 2. The molecule has 0 saturated carbocycles. The van der Waals surface area contributed by atoms with Gasteiger partial charge in [-0.2, -0.15) is 0 Å². The number of hydrogen-bond donors (Lipinski definition) is 1. The summed E-state index contributed by atoms with van der Waals surface area (Å²) >= 11 is 0. The second kappa shape index (κ2) is 7.80. The van der Waals surface area contributed by atoms with Crippen LogP contribution in [0.1, 0.15) is 36.6 Å². The SMILES string of the molecule is Cc1ccc(N2CCC(N[C@@H](C)Cc3ncccc3C)CC2)cc1. The van der Waals surface area contributed by atoms with Crippen molar-refractivity contribution < 1.29 is 0 Å². The highest BCUT2D eigenvalue weighted by atomic mass is 15.1. The van der Waals surface area contributed by atoms with Gasteiger partial charge in [0.25, 0.3) is 0 Å². The number of anilines is 1. The van der Waals surface area contributed by atoms with E-state index in [0.29, 0.717) is 12.1 Å². The molecule has 0 aliphatic carbocycles. The summed E-state index contributed by atoms with van der Waals surface area (Å²) in [5.41, 5.74) is 5.19. The van der Waals surface area contributed by atoms with Crippen LogP contribution in [0.15, 0.2) is 42.6 Å². The van der Waals surface area contributed by atoms with Crippen LogP contribution in [0, 0.1) is 13.8 Å². The van der Waals surface area contributed by atoms with E-state index < -0.39 is 0 Å². The molecule has 1 atom stereocenters. The second-order valence-corrected chi connectivity index (χ2v) is 7.14. The third kappa shape index (κ3) is 4.35. The van der Waals surface area contributed by atoms with Gasteiger partial charge in [-0.15, -0.1) is 0 Å². The number of aromatic nitrogens is 1. The summed E-state index contributed by atoms with van der Waals surface area (Å²) in [5.74, 6) is 0. The Kier molecular flexibility index (Phi) is 5.52. The largest absolute Gasteiger partial charge is 0.371 e. The monoisotopic (exact) mass is 323 g/mol. The van der Waals surface area contributed by atoms with Crippen molar-refractivity contribution in [2.24, 2.45) is 0 Å². The predicted octanol–water partition coefficient (Wildman–Crippen LogP) is 3.89. The van der Waals surface area contributed by atoms with E-state index in [0.717, 1.165) is 19.5 Å². The average Bonchev–Trinajstić information content (AvgIpc) is 2.58. The summed E-state index contributed by atoms with van der Waals surface area (Å²) in [6, 6.07) is 14.1. The Morgan fingerprint density at radius 1 is 1.12 bits per heavy atom. The van der Waals surface area contributed by atoms with E-state index >= 15 is 0 Å². The molecule has 0 bridgehead atoms. The van der Waals surface area contributed by atoms with E-state index in [1.165, 1.54) is 35.3 Å². The van der Waals surface area contributed by atoms with Crippen LogP contribution < -0.4 is 10.2 Å². The van der Waals surface area contributed by atoms with Gasteiger partial charge in [0.15, 0.2) is 0 Å². The molecule has 1 aliphatic heterocycles. The number of rotatable bonds is 5. The van der Waals surface area contributed by atoms with Crippen molar-refractivity contribution in [1.82, 2.24) is 10.3 Å². The standard InChI is InChI=1S/C21H29N3/c1-16-6-8-20(9-7-16)24-13-10-19(11-14-24)23-18(3)15-21-17(2)5-4-12-22-21/h4-9,12,18-19,23H,10-11,13-15H2,1-3H3/t18-/m0/s1. The lowest BCUT2D eigenvalue weighted by Gasteiger charge is -2.35. The van der Waals surface area contributed by atoms with Crippen LogP contribution in [0.5, 0.6) is 0 Å². The molecule has 0 amide bonds. The van der Waals surface area contributed by atoms with Crippen LogP contribution in [0.25, 0.3) is 0 Å². The summed E-state index contributed by atoms with van der Waals surface area (Å²) in [6.07, 6.45) is 5.32. The molecule has 0 unspecified atom stereocenters. The Morgan fingerprint density at radius 3 is 2.50 bits per heavy atom. The number of nitrogens with one attached hydrogen (secondary N) is 1. The fraction of sp³-hybridized carbons (Fsp3) is 0.476. The first-order valence-corrected chi connectivity index (χ1v) is 9.10. The first-order chi connectivity index (χ1) is 11.6. The summed E-state index contributed by atoms with van der Waals surface area (Å²) in [5, 5.41) is 3.81. The van der Waals surface area contributed by atoms with Crippen molar-refractivity contribution in [1.29, 1.82) is 0 Å². The van der Waals surface area contributed by atoms with Gasteiger partial charge in [-0.05, 0) is 57.4 Å². The Labute approximate surface area is 146 Å². The molecule has 1 N–H and O–H groups in total. The fourth-order valence-corrected chi connectivity index (χ4v) is 3.54. The highest BCUT2D eigenvalue weighted by Crippen LogP contribution is 2.21. The molecule has 1 aromatic heterocycles. The van der Waals surface area contributed by atoms with E-state index in [2.05, 4.69) is 66.3 Å². The molecule has 1 aromatic carbocycles. The minimum atomic E-state index is 0.467. The van der Waals surface area contributed by atoms with Gasteiger partial charge in [0.1, 0.15) is 0 Å². The second-order valence-electron chi connectivity index (χ2n) is 7.14. The molecule has 1 fully saturated rings. The van der Waals surface area contributed by atoms with Gasteiger partial charge in [0.05, 0.1) is 0 Å². The molecule has 1 aliphatic rings. The third-order valence-electron chi connectivity index (χ3n) is 5.03. The fourth-order valence-electron chi connectivity index (χ4n) is 3.54. The topological polar surface area (TPSA) is 28.2 Å². The molecule has 3 nitrogen and oxygen atoms in total. The lowest BCUT2D eigenvalue weighted by molar-refractivity contribution is 0.374. The van der Waals surface area contributed by atoms with Crippen molar-refractivity contribution in [2.75, 3.05) is 18.0 Å². The maximum absolute atomic E-state index is 4.52. The Hall–Kier alpha value is -1.87. The minimum Gasteiger partial charge on any atom is -0.371 e. The summed E-state index contributed by atoms with van der Waals surface area (Å²) < 4.78 is 0. The van der Waals surface area contributed by atoms with Gasteiger partial charge >= 0.3 is 0 Å². The van der Waals surface area contributed by atoms with Crippen molar-refractivity contribution in [3.05, 3.63) is 59.4 Å². The molecule has 0 spiro atoms. The van der Waals surface area contributed by atoms with Crippen molar-refractivity contribution in [3.8, 4) is 0 Å². The summed E-state index contributed by atoms with van der Waals surface area (Å²) in [6.45, 7) is 8.84. The molecule has 24 heavy (non-hydrogen) atoms. The van der Waals surface area contributed by atoms with Crippen LogP contribution in [0.3, 0.4) is 0 Å². The van der Waals surface area contributed by atoms with E-state index in [9.17, 15) is 0 Å². The first kappa shape index (κ1) is 17.0. The average molecular weight is 323 g/mol. The van der Waals surface area contributed by atoms with Gasteiger partial charge in [0, 0.05) is 49.2 Å². The number of hydrogen-bond acceptors (Lipinski definition) is 3. The van der Waals surface area contributed by atoms with E-state index in [1.54, 1.807) is 0 Å². The van der Waals surface area contributed by atoms with Gasteiger partial charge in [-0.3, -0.25) is 4.98 Å². The van der Waals surface area contributed by atoms with E-state index in [1.807, 2.05) is 12.3 Å². The van der Waals surface area contributed by atoms with E-state index in [4.69, 9.17) is 0 Å². The van der Waals surface area contributed by atoms with Crippen molar-refractivity contribution >= 4 is 5.69 Å². The van der Waals surface area contributed by atoms with Gasteiger partial charge < -0.3 is 10.2 Å². The van der Waals surface area contributed by atoms with Crippen LogP contribution in [-0.2, 0) is 6.42 Å². The normalized spacial score (nSPS) is 17.0. The molecule has 128 valence electrons. The Bertz CT molecular complexity index is 642. The molecular weight excluding hydrogens is 294 g/mol. The molecule has 3 heteroatoms. The zero-order chi connectivity index (χ0) is 16.9. The highest BCUT2D eigenvalue weighted by molar-refractivity contribution is 5.47. The molecule has 2 aromatic rings. The van der Waals surface area contributed by atoms with E-state index in [-0.39, 0.29) is 0 Å². The lowest BCUT2D eigenvalue weighted by Crippen LogP contribution is -2.46. The molecular formula is C21H29N3. The lowest BCUT2D eigenvalue weighted by atomic mass is 10.0. The zero-order valence-corrected chi connectivity index (χ0v) is 15.1. The van der Waals surface area contributed by atoms with Crippen molar-refractivity contribution in [2.45, 2.75) is 52.1 Å². The number of aryl methyl sites for hydroxylation is 2. The quantitative estimate of drug-likeness (QED) is 0.905. The van der Waals surface area contributed by atoms with Gasteiger partial charge in [-0.1, -0.05) is 23.8 Å². The Balaban J connectivity index is 1.48. The minimum absolute atomic E-state index is 0.467. The van der Waals surface area contributed by atoms with Crippen LogP contribution in [-0.4, -0.2) is 30.2 Å². The molecule has 1 saturated heterocycles. The maximum atomic E-state index is 4.52. The molecule has 2 heterocycles. The maximum Gasteiger partial charge on any atom is 0.0448 e. The summed E-state index contributed by atoms with van der Waals surface area (Å²) in [4.78, 5) is 7.03. The third-order valence-corrected chi connectivity index (χ3v) is 5.03. The zero-order valence-electron chi connectivity index (χ0n) is 15.1. The molecule has 0 radical (unpaired) electrons. The van der Waals surface area contributed by atoms with Crippen LogP contribution >= 0.6 is 0 Å². The van der Waals surface area contributed by atoms with Gasteiger partial charge in [0.2, 0.25) is 0 Å². The summed E-state index contributed by atoms with van der Waals surface area (Å²) in [7, 11) is 0. The van der Waals surface area contributed by atoms with Crippen LogP contribution in [0.2, 0.25) is 0 Å². The predicted molar refractivity (Wildman–Crippen MR) is 102 cm³/mol. The molecule has 3 rings (SSSR count). The first-order valence-electron chi connectivity index (χ1n) is 9.10. The van der Waals surface area contributed by atoms with Gasteiger partial charge in [-0.25, -0.2) is 0 Å². The van der Waals surface area contributed by atoms with Crippen LogP contribution in [0.4, 0.5) is 5.69 Å². The smallest absolute Gasteiger partial charge is 0.0448 e. The van der Waals surface area contributed by atoms with Crippen molar-refractivity contribution in [3.63, 3.8) is 0 Å². The highest BCUT2D eigenvalue weighted by Gasteiger charge is 2.21. The number of pyridine rings is 1. The number of piperidine rings is 1. The number of benzene rings is 1.